The van der Waals surface area contributed by atoms with Gasteiger partial charge in [-0.1, -0.05) is 103 Å². The SMILES string of the molecule is Cc1cccc2oc3c(c12)C(C1=CC(c2cccc4c2-c2ccccc2C42c4ccccc4-c4ccccc42)=C1)=C3. The van der Waals surface area contributed by atoms with Gasteiger partial charge in [-0.2, -0.15) is 0 Å². The molecule has 1 heterocycles. The first-order chi connectivity index (χ1) is 20.2. The number of rotatable bonds is 2. The van der Waals surface area contributed by atoms with E-state index in [-0.39, 0.29) is 5.41 Å². The first-order valence-corrected chi connectivity index (χ1v) is 14.4. The monoisotopic (exact) mass is 520 g/mol. The van der Waals surface area contributed by atoms with Crippen molar-refractivity contribution in [3.05, 3.63) is 172 Å². The van der Waals surface area contributed by atoms with Gasteiger partial charge in [0, 0.05) is 10.9 Å². The fraction of sp³-hybridized carbons (Fsp3) is 0.0500. The topological polar surface area (TPSA) is 13.1 Å². The van der Waals surface area contributed by atoms with Crippen molar-refractivity contribution in [1.82, 2.24) is 0 Å². The average Bonchev–Trinajstić information content (AvgIpc) is 3.56. The van der Waals surface area contributed by atoms with Gasteiger partial charge in [0.2, 0.25) is 0 Å². The molecule has 1 aromatic heterocycles. The first kappa shape index (κ1) is 21.7. The van der Waals surface area contributed by atoms with E-state index in [1.807, 2.05) is 0 Å². The van der Waals surface area contributed by atoms with Crippen LogP contribution in [0.4, 0.5) is 0 Å². The van der Waals surface area contributed by atoms with Crippen molar-refractivity contribution in [3.63, 3.8) is 0 Å². The minimum Gasteiger partial charge on any atom is -0.456 e. The van der Waals surface area contributed by atoms with Gasteiger partial charge < -0.3 is 4.42 Å². The van der Waals surface area contributed by atoms with Crippen LogP contribution in [0.1, 0.15) is 44.7 Å². The highest BCUT2D eigenvalue weighted by Crippen LogP contribution is 2.64. The Morgan fingerprint density at radius 1 is 0.488 bits per heavy atom. The van der Waals surface area contributed by atoms with Crippen LogP contribution in [0.25, 0.3) is 50.4 Å². The second kappa shape index (κ2) is 7.33. The normalized spacial score (nSPS) is 16.1. The molecule has 1 spiro atoms. The molecule has 5 aromatic carbocycles. The third kappa shape index (κ3) is 2.45. The summed E-state index contributed by atoms with van der Waals surface area (Å²) in [4.78, 5) is 0. The number of benzene rings is 5. The fourth-order valence-corrected chi connectivity index (χ4v) is 8.08. The number of allylic oxidation sites excluding steroid dienone is 5. The van der Waals surface area contributed by atoms with E-state index < -0.39 is 0 Å². The highest BCUT2D eigenvalue weighted by atomic mass is 16.3. The van der Waals surface area contributed by atoms with Gasteiger partial charge in [0.05, 0.1) is 5.41 Å². The van der Waals surface area contributed by atoms with Crippen LogP contribution < -0.4 is 0 Å². The van der Waals surface area contributed by atoms with Crippen LogP contribution in [-0.2, 0) is 5.41 Å². The summed E-state index contributed by atoms with van der Waals surface area (Å²) in [6, 6.07) is 40.3. The Hall–Kier alpha value is -5.14. The molecule has 0 fully saturated rings. The molecule has 0 saturated heterocycles. The second-order valence-corrected chi connectivity index (χ2v) is 11.7. The average molecular weight is 521 g/mol. The maximum Gasteiger partial charge on any atom is 0.136 e. The quantitative estimate of drug-likeness (QED) is 0.221. The summed E-state index contributed by atoms with van der Waals surface area (Å²) in [6.07, 6.45) is 6.93. The van der Waals surface area contributed by atoms with Crippen LogP contribution in [-0.4, -0.2) is 0 Å². The summed E-state index contributed by atoms with van der Waals surface area (Å²) in [7, 11) is 0. The number of hydrogen-bond donors (Lipinski definition) is 0. The molecule has 190 valence electrons. The van der Waals surface area contributed by atoms with Gasteiger partial charge in [-0.15, -0.1) is 0 Å². The zero-order chi connectivity index (χ0) is 26.9. The van der Waals surface area contributed by atoms with Crippen molar-refractivity contribution in [2.45, 2.75) is 12.3 Å². The second-order valence-electron chi connectivity index (χ2n) is 11.7. The van der Waals surface area contributed by atoms with Gasteiger partial charge in [-0.25, -0.2) is 0 Å². The Morgan fingerprint density at radius 3 is 1.80 bits per heavy atom. The molecule has 0 aliphatic heterocycles. The standard InChI is InChI=1S/C40H24O/c1-23-10-8-19-35-37(23)39-30(22-36(39)41-35)25-20-24(21-25)26-14-9-18-34-38(26)29-13-4-7-17-33(29)40(34)31-15-5-2-11-27(31)28-12-3-6-16-32(28)40/h2-22H,1H3. The smallest absolute Gasteiger partial charge is 0.136 e. The lowest BCUT2D eigenvalue weighted by molar-refractivity contribution is 0.600. The van der Waals surface area contributed by atoms with E-state index in [1.165, 1.54) is 83.3 Å². The van der Waals surface area contributed by atoms with Gasteiger partial charge in [0.15, 0.2) is 0 Å². The third-order valence-electron chi connectivity index (χ3n) is 9.76. The van der Waals surface area contributed by atoms with Crippen LogP contribution in [0, 0.1) is 6.92 Å². The number of aryl methyl sites for hydroxylation is 1. The molecule has 0 unspecified atom stereocenters. The Kier molecular flexibility index (Phi) is 3.87. The summed E-state index contributed by atoms with van der Waals surface area (Å²) < 4.78 is 6.11. The molecule has 10 rings (SSSR count). The molecule has 1 heteroatoms. The van der Waals surface area contributed by atoms with E-state index in [4.69, 9.17) is 4.42 Å². The number of fused-ring (bicyclic) bond motifs is 13. The molecule has 41 heavy (non-hydrogen) atoms. The van der Waals surface area contributed by atoms with E-state index in [1.54, 1.807) is 0 Å². The molecule has 0 atom stereocenters. The van der Waals surface area contributed by atoms with E-state index in [0.29, 0.717) is 0 Å². The molecule has 6 aromatic rings. The van der Waals surface area contributed by atoms with E-state index in [2.05, 4.69) is 134 Å². The summed E-state index contributed by atoms with van der Waals surface area (Å²) in [6.45, 7) is 2.17. The van der Waals surface area contributed by atoms with Crippen LogP contribution in [0.2, 0.25) is 0 Å². The van der Waals surface area contributed by atoms with Gasteiger partial charge in [-0.3, -0.25) is 0 Å². The number of furan rings is 1. The Balaban J connectivity index is 1.15. The summed E-state index contributed by atoms with van der Waals surface area (Å²) in [5, 5.41) is 1.25. The van der Waals surface area contributed by atoms with Crippen molar-refractivity contribution in [1.29, 1.82) is 0 Å². The summed E-state index contributed by atoms with van der Waals surface area (Å²) >= 11 is 0. The molecule has 4 aliphatic carbocycles. The minimum atomic E-state index is -0.301. The molecule has 4 aliphatic rings. The Bertz CT molecular complexity index is 2220. The van der Waals surface area contributed by atoms with Crippen LogP contribution in [0.3, 0.4) is 0 Å². The maximum atomic E-state index is 6.11. The first-order valence-electron chi connectivity index (χ1n) is 14.4. The largest absolute Gasteiger partial charge is 0.456 e. The van der Waals surface area contributed by atoms with Gasteiger partial charge in [0.25, 0.3) is 0 Å². The van der Waals surface area contributed by atoms with Crippen molar-refractivity contribution in [2.75, 3.05) is 0 Å². The zero-order valence-electron chi connectivity index (χ0n) is 22.5. The summed E-state index contributed by atoms with van der Waals surface area (Å²) in [5.74, 6) is 1.00. The van der Waals surface area contributed by atoms with Gasteiger partial charge in [-0.05, 0) is 104 Å². The van der Waals surface area contributed by atoms with Crippen LogP contribution in [0.15, 0.2) is 131 Å². The highest BCUT2D eigenvalue weighted by molar-refractivity contribution is 6.16. The highest BCUT2D eigenvalue weighted by Gasteiger charge is 2.52. The minimum absolute atomic E-state index is 0.301. The molecule has 1 nitrogen and oxygen atoms in total. The van der Waals surface area contributed by atoms with Gasteiger partial charge >= 0.3 is 0 Å². The third-order valence-corrected chi connectivity index (χ3v) is 9.76. The lowest BCUT2D eigenvalue weighted by atomic mass is 9.70. The zero-order valence-corrected chi connectivity index (χ0v) is 22.5. The lowest BCUT2D eigenvalue weighted by Crippen LogP contribution is -2.25. The van der Waals surface area contributed by atoms with E-state index in [0.717, 1.165) is 11.3 Å². The van der Waals surface area contributed by atoms with Crippen LogP contribution in [0.5, 0.6) is 0 Å². The lowest BCUT2D eigenvalue weighted by Gasteiger charge is -2.30. The van der Waals surface area contributed by atoms with Crippen molar-refractivity contribution >= 4 is 28.2 Å². The van der Waals surface area contributed by atoms with E-state index >= 15 is 0 Å². The molecular weight excluding hydrogens is 496 g/mol. The predicted molar refractivity (Wildman–Crippen MR) is 168 cm³/mol. The number of hydrogen-bond acceptors (Lipinski definition) is 1. The van der Waals surface area contributed by atoms with Crippen LogP contribution >= 0.6 is 0 Å². The van der Waals surface area contributed by atoms with Crippen molar-refractivity contribution in [2.24, 2.45) is 0 Å². The maximum absolute atomic E-state index is 6.11. The molecule has 0 amide bonds. The molecule has 0 bridgehead atoms. The molecular formula is C40H24O. The predicted octanol–water partition coefficient (Wildman–Crippen LogP) is 9.96. The summed E-state index contributed by atoms with van der Waals surface area (Å²) in [5.41, 5.74) is 19.3. The fourth-order valence-electron chi connectivity index (χ4n) is 8.08. The molecule has 0 saturated carbocycles. The van der Waals surface area contributed by atoms with Crippen molar-refractivity contribution < 1.29 is 4.42 Å². The Morgan fingerprint density at radius 2 is 1.07 bits per heavy atom. The molecule has 0 N–H and O–H groups in total. The van der Waals surface area contributed by atoms with Crippen molar-refractivity contribution in [3.8, 4) is 22.3 Å². The van der Waals surface area contributed by atoms with Gasteiger partial charge in [0.1, 0.15) is 11.3 Å². The van der Waals surface area contributed by atoms with E-state index in [9.17, 15) is 0 Å². The Labute approximate surface area is 238 Å². The molecule has 0 radical (unpaired) electrons.